The van der Waals surface area contributed by atoms with E-state index in [1.165, 1.54) is 18.9 Å². The summed E-state index contributed by atoms with van der Waals surface area (Å²) < 4.78 is 27.4. The zero-order chi connectivity index (χ0) is 19.4. The quantitative estimate of drug-likeness (QED) is 0.664. The largest absolute Gasteiger partial charge is 0.352 e. The molecule has 1 aromatic carbocycles. The number of aryl methyl sites for hydroxylation is 1. The molecule has 1 unspecified atom stereocenters. The number of hydrogen-bond acceptors (Lipinski definition) is 4. The summed E-state index contributed by atoms with van der Waals surface area (Å²) in [5, 5.41) is 2.94. The lowest BCUT2D eigenvalue weighted by Crippen LogP contribution is -2.36. The first-order valence-electron chi connectivity index (χ1n) is 9.98. The molecule has 3 rings (SSSR count). The highest BCUT2D eigenvalue weighted by Crippen LogP contribution is 2.23. The molecule has 2 N–H and O–H groups in total. The standard InChI is InChI=1S/C20H31N3O3S/c1-15-5-3-11-23(14-15)12-4-10-21-20(24)19-13-18(9-6-16(19)2)27(25,26)22-17-7-8-17/h6,9,13,15,17,22H,3-5,7-8,10-12,14H2,1-2H3,(H,21,24). The van der Waals surface area contributed by atoms with E-state index >= 15 is 0 Å². The number of benzene rings is 1. The van der Waals surface area contributed by atoms with Crippen molar-refractivity contribution in [1.82, 2.24) is 14.9 Å². The molecule has 1 atom stereocenters. The summed E-state index contributed by atoms with van der Waals surface area (Å²) in [6.07, 6.45) is 5.23. The van der Waals surface area contributed by atoms with Crippen LogP contribution >= 0.6 is 0 Å². The lowest BCUT2D eigenvalue weighted by atomic mass is 10.0. The fourth-order valence-corrected chi connectivity index (χ4v) is 4.92. The number of likely N-dealkylation sites (tertiary alicyclic amines) is 1. The molecule has 0 radical (unpaired) electrons. The lowest BCUT2D eigenvalue weighted by Gasteiger charge is -2.30. The number of sulfonamides is 1. The molecule has 1 saturated carbocycles. The molecule has 1 aromatic rings. The van der Waals surface area contributed by atoms with E-state index in [9.17, 15) is 13.2 Å². The van der Waals surface area contributed by atoms with Crippen LogP contribution in [0, 0.1) is 12.8 Å². The van der Waals surface area contributed by atoms with Crippen molar-refractivity contribution in [2.45, 2.75) is 56.9 Å². The summed E-state index contributed by atoms with van der Waals surface area (Å²) in [7, 11) is -3.55. The van der Waals surface area contributed by atoms with E-state index in [4.69, 9.17) is 0 Å². The summed E-state index contributed by atoms with van der Waals surface area (Å²) in [6.45, 7) is 7.99. The van der Waals surface area contributed by atoms with E-state index in [2.05, 4.69) is 21.9 Å². The maximum atomic E-state index is 12.5. The van der Waals surface area contributed by atoms with Gasteiger partial charge in [-0.15, -0.1) is 0 Å². The van der Waals surface area contributed by atoms with Crippen LogP contribution in [0.25, 0.3) is 0 Å². The molecule has 6 nitrogen and oxygen atoms in total. The topological polar surface area (TPSA) is 78.5 Å². The molecule has 7 heteroatoms. The predicted octanol–water partition coefficient (Wildman–Crippen LogP) is 2.29. The van der Waals surface area contributed by atoms with Crippen molar-refractivity contribution in [3.63, 3.8) is 0 Å². The van der Waals surface area contributed by atoms with Crippen LogP contribution in [0.1, 0.15) is 54.9 Å². The molecule has 0 spiro atoms. The lowest BCUT2D eigenvalue weighted by molar-refractivity contribution is 0.0949. The molecule has 1 aliphatic carbocycles. The van der Waals surface area contributed by atoms with Crippen molar-refractivity contribution in [3.05, 3.63) is 29.3 Å². The molecule has 150 valence electrons. The Bertz CT molecular complexity index is 775. The van der Waals surface area contributed by atoms with Crippen LogP contribution < -0.4 is 10.0 Å². The van der Waals surface area contributed by atoms with Gasteiger partial charge in [0.25, 0.3) is 5.91 Å². The minimum atomic E-state index is -3.55. The first-order valence-corrected chi connectivity index (χ1v) is 11.5. The van der Waals surface area contributed by atoms with Gasteiger partial charge in [-0.05, 0) is 75.7 Å². The molecule has 2 aliphatic rings. The summed E-state index contributed by atoms with van der Waals surface area (Å²) in [5.74, 6) is 0.549. The number of nitrogens with zero attached hydrogens (tertiary/aromatic N) is 1. The van der Waals surface area contributed by atoms with Crippen molar-refractivity contribution < 1.29 is 13.2 Å². The fraction of sp³-hybridized carbons (Fsp3) is 0.650. The van der Waals surface area contributed by atoms with Crippen LogP contribution in [0.5, 0.6) is 0 Å². The molecule has 1 heterocycles. The van der Waals surface area contributed by atoms with E-state index in [0.717, 1.165) is 50.4 Å². The van der Waals surface area contributed by atoms with E-state index in [1.807, 2.05) is 6.92 Å². The third-order valence-corrected chi connectivity index (χ3v) is 6.86. The number of hydrogen-bond donors (Lipinski definition) is 2. The molecular formula is C20H31N3O3S. The Balaban J connectivity index is 1.53. The van der Waals surface area contributed by atoms with Crippen molar-refractivity contribution in [1.29, 1.82) is 0 Å². The van der Waals surface area contributed by atoms with E-state index in [-0.39, 0.29) is 16.8 Å². The number of rotatable bonds is 8. The second kappa shape index (κ2) is 8.71. The fourth-order valence-electron chi connectivity index (χ4n) is 3.59. The number of nitrogens with one attached hydrogen (secondary N) is 2. The number of carbonyl (C=O) groups is 1. The van der Waals surface area contributed by atoms with E-state index < -0.39 is 10.0 Å². The van der Waals surface area contributed by atoms with Crippen LogP contribution in [-0.2, 0) is 10.0 Å². The SMILES string of the molecule is Cc1ccc(S(=O)(=O)NC2CC2)cc1C(=O)NCCCN1CCCC(C)C1. The minimum absolute atomic E-state index is 0.0473. The Kier molecular flexibility index (Phi) is 6.55. The molecule has 1 amide bonds. The second-order valence-corrected chi connectivity index (χ2v) is 9.74. The molecule has 27 heavy (non-hydrogen) atoms. The van der Waals surface area contributed by atoms with Crippen LogP contribution in [0.4, 0.5) is 0 Å². The van der Waals surface area contributed by atoms with Crippen molar-refractivity contribution in [3.8, 4) is 0 Å². The summed E-state index contributed by atoms with van der Waals surface area (Å²) >= 11 is 0. The van der Waals surface area contributed by atoms with E-state index in [0.29, 0.717) is 12.1 Å². The van der Waals surface area contributed by atoms with Gasteiger partial charge in [-0.3, -0.25) is 4.79 Å². The Morgan fingerprint density at radius 2 is 2.04 bits per heavy atom. The normalized spacial score (nSPS) is 21.2. The Morgan fingerprint density at radius 1 is 1.26 bits per heavy atom. The van der Waals surface area contributed by atoms with Gasteiger partial charge in [-0.2, -0.15) is 0 Å². The monoisotopic (exact) mass is 393 g/mol. The average molecular weight is 394 g/mol. The van der Waals surface area contributed by atoms with Gasteiger partial charge in [0.1, 0.15) is 0 Å². The molecule has 1 saturated heterocycles. The van der Waals surface area contributed by atoms with Crippen LogP contribution in [-0.4, -0.2) is 51.4 Å². The van der Waals surface area contributed by atoms with Gasteiger partial charge >= 0.3 is 0 Å². The molecule has 0 aromatic heterocycles. The van der Waals surface area contributed by atoms with Gasteiger partial charge in [0.05, 0.1) is 4.90 Å². The highest BCUT2D eigenvalue weighted by Gasteiger charge is 2.28. The van der Waals surface area contributed by atoms with Gasteiger partial charge in [0.15, 0.2) is 0 Å². The Morgan fingerprint density at radius 3 is 2.74 bits per heavy atom. The predicted molar refractivity (Wildman–Crippen MR) is 106 cm³/mol. The second-order valence-electron chi connectivity index (χ2n) is 8.03. The maximum absolute atomic E-state index is 12.5. The maximum Gasteiger partial charge on any atom is 0.251 e. The van der Waals surface area contributed by atoms with Gasteiger partial charge in [0.2, 0.25) is 10.0 Å². The zero-order valence-corrected chi connectivity index (χ0v) is 17.1. The number of piperidine rings is 1. The van der Waals surface area contributed by atoms with Gasteiger partial charge in [-0.25, -0.2) is 13.1 Å². The average Bonchev–Trinajstić information content (AvgIpc) is 3.42. The van der Waals surface area contributed by atoms with Crippen LogP contribution in [0.15, 0.2) is 23.1 Å². The van der Waals surface area contributed by atoms with E-state index in [1.54, 1.807) is 12.1 Å². The summed E-state index contributed by atoms with van der Waals surface area (Å²) in [4.78, 5) is 15.2. The summed E-state index contributed by atoms with van der Waals surface area (Å²) in [6, 6.07) is 4.80. The number of carbonyl (C=O) groups excluding carboxylic acids is 1. The third kappa shape index (κ3) is 5.77. The van der Waals surface area contributed by atoms with Crippen LogP contribution in [0.2, 0.25) is 0 Å². The highest BCUT2D eigenvalue weighted by atomic mass is 32.2. The van der Waals surface area contributed by atoms with Crippen molar-refractivity contribution in [2.24, 2.45) is 5.92 Å². The van der Waals surface area contributed by atoms with Gasteiger partial charge in [0, 0.05) is 24.7 Å². The highest BCUT2D eigenvalue weighted by molar-refractivity contribution is 7.89. The Hall–Kier alpha value is -1.44. The summed E-state index contributed by atoms with van der Waals surface area (Å²) in [5.41, 5.74) is 1.21. The third-order valence-electron chi connectivity index (χ3n) is 5.34. The smallest absolute Gasteiger partial charge is 0.251 e. The Labute approximate surface area is 162 Å². The van der Waals surface area contributed by atoms with Crippen LogP contribution in [0.3, 0.4) is 0 Å². The minimum Gasteiger partial charge on any atom is -0.352 e. The van der Waals surface area contributed by atoms with Gasteiger partial charge < -0.3 is 10.2 Å². The zero-order valence-electron chi connectivity index (χ0n) is 16.3. The van der Waals surface area contributed by atoms with Crippen molar-refractivity contribution in [2.75, 3.05) is 26.2 Å². The first-order chi connectivity index (χ1) is 12.8. The molecule has 0 bridgehead atoms. The van der Waals surface area contributed by atoms with Gasteiger partial charge in [-0.1, -0.05) is 13.0 Å². The molecular weight excluding hydrogens is 362 g/mol. The number of amides is 1. The molecule has 1 aliphatic heterocycles. The first kappa shape index (κ1) is 20.3. The van der Waals surface area contributed by atoms with Crippen molar-refractivity contribution >= 4 is 15.9 Å². The molecule has 2 fully saturated rings.